The van der Waals surface area contributed by atoms with Gasteiger partial charge in [-0.1, -0.05) is 0 Å². The van der Waals surface area contributed by atoms with Gasteiger partial charge in [-0.05, 0) is 6.92 Å². The zero-order chi connectivity index (χ0) is 11.6. The van der Waals surface area contributed by atoms with Crippen LogP contribution in [0.3, 0.4) is 0 Å². The van der Waals surface area contributed by atoms with Crippen LogP contribution in [-0.2, 0) is 4.79 Å². The third-order valence-electron chi connectivity index (χ3n) is 2.70. The van der Waals surface area contributed by atoms with Crippen LogP contribution in [0.5, 0.6) is 0 Å². The smallest absolute Gasteiger partial charge is 0.319 e. The number of urea groups is 1. The molecule has 0 aliphatic carbocycles. The normalized spacial score (nSPS) is 21.5. The first-order valence-electron chi connectivity index (χ1n) is 5.17. The van der Waals surface area contributed by atoms with Gasteiger partial charge in [0, 0.05) is 46.7 Å². The van der Waals surface area contributed by atoms with E-state index in [2.05, 4.69) is 0 Å². The van der Waals surface area contributed by atoms with Crippen LogP contribution in [0.4, 0.5) is 4.79 Å². The Labute approximate surface area is 90.6 Å². The van der Waals surface area contributed by atoms with Gasteiger partial charge in [0.2, 0.25) is 5.91 Å². The maximum atomic E-state index is 11.7. The Bertz CT molecular complexity index is 265. The first-order chi connectivity index (χ1) is 6.93. The highest BCUT2D eigenvalue weighted by Gasteiger charge is 2.28. The quantitative estimate of drug-likeness (QED) is 0.578. The number of nitrogens with zero attached hydrogens (tertiary/aromatic N) is 3. The predicted molar refractivity (Wildman–Crippen MR) is 57.5 cm³/mol. The Morgan fingerprint density at radius 2 is 1.87 bits per heavy atom. The van der Waals surface area contributed by atoms with E-state index in [9.17, 15) is 9.59 Å². The highest BCUT2D eigenvalue weighted by Crippen LogP contribution is 2.11. The van der Waals surface area contributed by atoms with Crippen molar-refractivity contribution in [2.45, 2.75) is 19.9 Å². The molecular weight excluding hydrogens is 194 g/mol. The van der Waals surface area contributed by atoms with E-state index in [-0.39, 0.29) is 18.0 Å². The number of rotatable bonds is 0. The SMILES string of the molecule is CC(=O)N1CCN(C(=O)N(C)C)C(C)C1. The number of amides is 3. The molecule has 0 N–H and O–H groups in total. The molecule has 86 valence electrons. The third-order valence-corrected chi connectivity index (χ3v) is 2.70. The molecule has 0 radical (unpaired) electrons. The first kappa shape index (κ1) is 11.8. The van der Waals surface area contributed by atoms with E-state index in [0.717, 1.165) is 0 Å². The van der Waals surface area contributed by atoms with Crippen molar-refractivity contribution in [2.24, 2.45) is 0 Å². The van der Waals surface area contributed by atoms with Crippen LogP contribution in [0.15, 0.2) is 0 Å². The van der Waals surface area contributed by atoms with E-state index in [1.165, 1.54) is 0 Å². The molecule has 0 aromatic rings. The molecule has 1 unspecified atom stereocenters. The molecule has 1 aliphatic heterocycles. The Balaban J connectivity index is 2.60. The second-order valence-corrected chi connectivity index (χ2v) is 4.18. The summed E-state index contributed by atoms with van der Waals surface area (Å²) >= 11 is 0. The first-order valence-corrected chi connectivity index (χ1v) is 5.17. The van der Waals surface area contributed by atoms with Gasteiger partial charge >= 0.3 is 6.03 Å². The summed E-state index contributed by atoms with van der Waals surface area (Å²) in [4.78, 5) is 28.1. The minimum absolute atomic E-state index is 0.0192. The van der Waals surface area contributed by atoms with Gasteiger partial charge < -0.3 is 14.7 Å². The van der Waals surface area contributed by atoms with E-state index >= 15 is 0 Å². The fourth-order valence-electron chi connectivity index (χ4n) is 1.78. The van der Waals surface area contributed by atoms with Crippen molar-refractivity contribution in [1.82, 2.24) is 14.7 Å². The Hall–Kier alpha value is -1.26. The molecule has 15 heavy (non-hydrogen) atoms. The van der Waals surface area contributed by atoms with Crippen molar-refractivity contribution in [3.8, 4) is 0 Å². The molecule has 1 rings (SSSR count). The number of hydrogen-bond acceptors (Lipinski definition) is 2. The van der Waals surface area contributed by atoms with Crippen molar-refractivity contribution in [2.75, 3.05) is 33.7 Å². The van der Waals surface area contributed by atoms with Crippen molar-refractivity contribution < 1.29 is 9.59 Å². The second kappa shape index (κ2) is 4.51. The van der Waals surface area contributed by atoms with Crippen LogP contribution < -0.4 is 0 Å². The fraction of sp³-hybridized carbons (Fsp3) is 0.800. The van der Waals surface area contributed by atoms with Gasteiger partial charge in [-0.2, -0.15) is 0 Å². The molecule has 0 aromatic heterocycles. The summed E-state index contributed by atoms with van der Waals surface area (Å²) in [6.07, 6.45) is 0. The predicted octanol–water partition coefficient (Wildman–Crippen LogP) is 0.221. The van der Waals surface area contributed by atoms with Crippen molar-refractivity contribution >= 4 is 11.9 Å². The maximum Gasteiger partial charge on any atom is 0.319 e. The summed E-state index contributed by atoms with van der Waals surface area (Å²) in [6, 6.07) is 0.114. The van der Waals surface area contributed by atoms with Crippen LogP contribution >= 0.6 is 0 Å². The number of hydrogen-bond donors (Lipinski definition) is 0. The summed E-state index contributed by atoms with van der Waals surface area (Å²) in [7, 11) is 3.48. The lowest BCUT2D eigenvalue weighted by molar-refractivity contribution is -0.131. The van der Waals surface area contributed by atoms with E-state index < -0.39 is 0 Å². The Morgan fingerprint density at radius 3 is 2.27 bits per heavy atom. The largest absolute Gasteiger partial charge is 0.339 e. The highest BCUT2D eigenvalue weighted by molar-refractivity contribution is 5.76. The van der Waals surface area contributed by atoms with E-state index in [0.29, 0.717) is 19.6 Å². The van der Waals surface area contributed by atoms with Gasteiger partial charge in [-0.25, -0.2) is 4.79 Å². The lowest BCUT2D eigenvalue weighted by atomic mass is 10.2. The lowest BCUT2D eigenvalue weighted by Gasteiger charge is -2.40. The summed E-state index contributed by atoms with van der Waals surface area (Å²) in [6.45, 7) is 5.43. The number of piperazine rings is 1. The van der Waals surface area contributed by atoms with Crippen LogP contribution in [0.1, 0.15) is 13.8 Å². The molecule has 1 aliphatic rings. The summed E-state index contributed by atoms with van der Waals surface area (Å²) in [5.41, 5.74) is 0. The lowest BCUT2D eigenvalue weighted by Crippen LogP contribution is -2.57. The van der Waals surface area contributed by atoms with Gasteiger partial charge in [0.05, 0.1) is 0 Å². The van der Waals surface area contributed by atoms with E-state index in [4.69, 9.17) is 0 Å². The van der Waals surface area contributed by atoms with Crippen molar-refractivity contribution in [3.05, 3.63) is 0 Å². The molecule has 5 heteroatoms. The van der Waals surface area contributed by atoms with Crippen LogP contribution in [0, 0.1) is 0 Å². The molecule has 5 nitrogen and oxygen atoms in total. The molecule has 0 spiro atoms. The van der Waals surface area contributed by atoms with Crippen molar-refractivity contribution in [1.29, 1.82) is 0 Å². The summed E-state index contributed by atoms with van der Waals surface area (Å²) in [5.74, 6) is 0.0822. The zero-order valence-corrected chi connectivity index (χ0v) is 9.86. The van der Waals surface area contributed by atoms with Crippen molar-refractivity contribution in [3.63, 3.8) is 0 Å². The number of carbonyl (C=O) groups excluding carboxylic acids is 2. The zero-order valence-electron chi connectivity index (χ0n) is 9.86. The molecule has 1 atom stereocenters. The minimum Gasteiger partial charge on any atom is -0.339 e. The second-order valence-electron chi connectivity index (χ2n) is 4.18. The molecule has 0 saturated carbocycles. The molecule has 1 fully saturated rings. The molecule has 0 aromatic carbocycles. The summed E-state index contributed by atoms with van der Waals surface area (Å²) in [5, 5.41) is 0. The monoisotopic (exact) mass is 213 g/mol. The topological polar surface area (TPSA) is 43.9 Å². The van der Waals surface area contributed by atoms with Crippen LogP contribution in [-0.4, -0.2) is 66.4 Å². The maximum absolute atomic E-state index is 11.7. The Kier molecular flexibility index (Phi) is 3.55. The third kappa shape index (κ3) is 2.61. The Morgan fingerprint density at radius 1 is 1.27 bits per heavy atom. The molecule has 1 heterocycles. The van der Waals surface area contributed by atoms with Gasteiger partial charge in [0.15, 0.2) is 0 Å². The van der Waals surface area contributed by atoms with E-state index in [1.807, 2.05) is 6.92 Å². The number of carbonyl (C=O) groups is 2. The van der Waals surface area contributed by atoms with E-state index in [1.54, 1.807) is 35.7 Å². The van der Waals surface area contributed by atoms with Gasteiger partial charge in [-0.15, -0.1) is 0 Å². The standard InChI is InChI=1S/C10H19N3O2/c1-8-7-12(9(2)14)5-6-13(8)10(15)11(3)4/h8H,5-7H2,1-4H3. The van der Waals surface area contributed by atoms with Gasteiger partial charge in [0.25, 0.3) is 0 Å². The summed E-state index contributed by atoms with van der Waals surface area (Å²) < 4.78 is 0. The van der Waals surface area contributed by atoms with Gasteiger partial charge in [0.1, 0.15) is 0 Å². The highest BCUT2D eigenvalue weighted by atomic mass is 16.2. The van der Waals surface area contributed by atoms with Crippen LogP contribution in [0.2, 0.25) is 0 Å². The van der Waals surface area contributed by atoms with Gasteiger partial charge in [-0.3, -0.25) is 4.79 Å². The molecule has 1 saturated heterocycles. The molecular formula is C10H19N3O2. The molecule has 0 bridgehead atoms. The average Bonchev–Trinajstić information content (AvgIpc) is 2.16. The molecule has 3 amide bonds. The average molecular weight is 213 g/mol. The fourth-order valence-corrected chi connectivity index (χ4v) is 1.78. The van der Waals surface area contributed by atoms with Crippen LogP contribution in [0.25, 0.3) is 0 Å². The minimum atomic E-state index is 0.0192.